The minimum absolute atomic E-state index is 0.0147. The van der Waals surface area contributed by atoms with Crippen molar-refractivity contribution < 1.29 is 14.1 Å². The molecule has 1 saturated heterocycles. The van der Waals surface area contributed by atoms with E-state index in [1.807, 2.05) is 19.9 Å². The molecule has 6 heteroatoms. The van der Waals surface area contributed by atoms with E-state index < -0.39 is 0 Å². The van der Waals surface area contributed by atoms with Gasteiger partial charge >= 0.3 is 0 Å². The molecule has 0 saturated carbocycles. The number of nitrogens with zero attached hydrogens (tertiary/aromatic N) is 2. The Morgan fingerprint density at radius 3 is 2.85 bits per heavy atom. The van der Waals surface area contributed by atoms with Gasteiger partial charge in [0, 0.05) is 32.1 Å². The van der Waals surface area contributed by atoms with Crippen LogP contribution < -0.4 is 5.32 Å². The van der Waals surface area contributed by atoms with Gasteiger partial charge in [0.25, 0.3) is 5.91 Å². The molecule has 6 nitrogen and oxygen atoms in total. The molecule has 1 aliphatic rings. The van der Waals surface area contributed by atoms with E-state index in [0.29, 0.717) is 30.2 Å². The van der Waals surface area contributed by atoms with Crippen molar-refractivity contribution in [1.29, 1.82) is 0 Å². The highest BCUT2D eigenvalue weighted by atomic mass is 16.5. The van der Waals surface area contributed by atoms with Crippen molar-refractivity contribution in [2.45, 2.75) is 39.3 Å². The average Bonchev–Trinajstić information content (AvgIpc) is 3.03. The topological polar surface area (TPSA) is 67.6 Å². The number of carbonyl (C=O) groups is 1. The quantitative estimate of drug-likeness (QED) is 0.861. The molecule has 1 amide bonds. The molecule has 140 valence electrons. The van der Waals surface area contributed by atoms with Crippen molar-refractivity contribution in [3.8, 4) is 0 Å². The Bertz CT molecular complexity index is 727. The van der Waals surface area contributed by atoms with E-state index in [0.717, 1.165) is 19.6 Å². The summed E-state index contributed by atoms with van der Waals surface area (Å²) < 4.78 is 11.1. The fraction of sp³-hybridized carbons (Fsp3) is 0.500. The molecule has 1 atom stereocenters. The van der Waals surface area contributed by atoms with Crippen molar-refractivity contribution in [2.24, 2.45) is 0 Å². The largest absolute Gasteiger partial charge is 0.374 e. The SMILES string of the molecule is Cc1noc(C(C)C)c1C(=O)NCC1CN(Cc2ccccc2)CCO1. The zero-order chi connectivity index (χ0) is 18.5. The first-order valence-electron chi connectivity index (χ1n) is 9.17. The molecule has 0 radical (unpaired) electrons. The van der Waals surface area contributed by atoms with Crippen LogP contribution in [0.1, 0.15) is 47.1 Å². The summed E-state index contributed by atoms with van der Waals surface area (Å²) in [7, 11) is 0. The summed E-state index contributed by atoms with van der Waals surface area (Å²) in [4.78, 5) is 14.9. The molecule has 3 rings (SSSR count). The number of hydrogen-bond donors (Lipinski definition) is 1. The standard InChI is InChI=1S/C20H27N3O3/c1-14(2)19-18(15(3)22-26-19)20(24)21-11-17-13-23(9-10-25-17)12-16-7-5-4-6-8-16/h4-8,14,17H,9-13H2,1-3H3,(H,21,24). The Hall–Kier alpha value is -2.18. The van der Waals surface area contributed by atoms with Gasteiger partial charge in [-0.1, -0.05) is 49.3 Å². The summed E-state index contributed by atoms with van der Waals surface area (Å²) in [6, 6.07) is 10.4. The number of amides is 1. The Morgan fingerprint density at radius 2 is 2.12 bits per heavy atom. The molecule has 1 aromatic heterocycles. The fourth-order valence-electron chi connectivity index (χ4n) is 3.24. The van der Waals surface area contributed by atoms with Crippen LogP contribution in [0.5, 0.6) is 0 Å². The Labute approximate surface area is 154 Å². The van der Waals surface area contributed by atoms with Crippen LogP contribution in [-0.4, -0.2) is 48.3 Å². The van der Waals surface area contributed by atoms with Crippen LogP contribution in [-0.2, 0) is 11.3 Å². The molecule has 1 fully saturated rings. The first-order chi connectivity index (χ1) is 12.5. The van der Waals surface area contributed by atoms with Crippen LogP contribution >= 0.6 is 0 Å². The zero-order valence-electron chi connectivity index (χ0n) is 15.7. The lowest BCUT2D eigenvalue weighted by Gasteiger charge is -2.33. The van der Waals surface area contributed by atoms with Gasteiger partial charge in [-0.2, -0.15) is 0 Å². The molecule has 0 bridgehead atoms. The summed E-state index contributed by atoms with van der Waals surface area (Å²) >= 11 is 0. The van der Waals surface area contributed by atoms with E-state index in [1.165, 1.54) is 5.56 Å². The van der Waals surface area contributed by atoms with Crippen molar-refractivity contribution in [3.05, 3.63) is 52.9 Å². The highest BCUT2D eigenvalue weighted by Gasteiger charge is 2.25. The predicted molar refractivity (Wildman–Crippen MR) is 99.1 cm³/mol. The van der Waals surface area contributed by atoms with E-state index in [4.69, 9.17) is 9.26 Å². The van der Waals surface area contributed by atoms with Crippen LogP contribution in [0.4, 0.5) is 0 Å². The second-order valence-electron chi connectivity index (χ2n) is 7.09. The third kappa shape index (κ3) is 4.51. The molecule has 2 heterocycles. The molecule has 0 spiro atoms. The number of nitrogens with one attached hydrogen (secondary N) is 1. The van der Waals surface area contributed by atoms with Crippen LogP contribution in [0.15, 0.2) is 34.9 Å². The highest BCUT2D eigenvalue weighted by molar-refractivity contribution is 5.96. The number of aryl methyl sites for hydroxylation is 1. The maximum absolute atomic E-state index is 12.6. The number of benzene rings is 1. The maximum Gasteiger partial charge on any atom is 0.256 e. The van der Waals surface area contributed by atoms with Gasteiger partial charge in [0.15, 0.2) is 5.76 Å². The van der Waals surface area contributed by atoms with Gasteiger partial charge in [0.05, 0.1) is 18.4 Å². The Morgan fingerprint density at radius 1 is 1.35 bits per heavy atom. The lowest BCUT2D eigenvalue weighted by Crippen LogP contribution is -2.47. The molecule has 1 aromatic carbocycles. The normalized spacial score (nSPS) is 18.2. The summed E-state index contributed by atoms with van der Waals surface area (Å²) in [6.07, 6.45) is -0.0147. The number of rotatable bonds is 6. The molecule has 1 aliphatic heterocycles. The van der Waals surface area contributed by atoms with Gasteiger partial charge in [-0.15, -0.1) is 0 Å². The van der Waals surface area contributed by atoms with E-state index in [-0.39, 0.29) is 17.9 Å². The third-order valence-corrected chi connectivity index (χ3v) is 4.60. The van der Waals surface area contributed by atoms with Gasteiger partial charge in [-0.25, -0.2) is 0 Å². The number of carbonyl (C=O) groups excluding carboxylic acids is 1. The fourth-order valence-corrected chi connectivity index (χ4v) is 3.24. The van der Waals surface area contributed by atoms with Crippen LogP contribution in [0.25, 0.3) is 0 Å². The van der Waals surface area contributed by atoms with Crippen molar-refractivity contribution in [1.82, 2.24) is 15.4 Å². The smallest absolute Gasteiger partial charge is 0.256 e. The molecular formula is C20H27N3O3. The van der Waals surface area contributed by atoms with Crippen LogP contribution in [0, 0.1) is 6.92 Å². The molecule has 0 aliphatic carbocycles. The van der Waals surface area contributed by atoms with Crippen LogP contribution in [0.2, 0.25) is 0 Å². The third-order valence-electron chi connectivity index (χ3n) is 4.60. The Balaban J connectivity index is 1.54. The number of hydrogen-bond acceptors (Lipinski definition) is 5. The molecule has 26 heavy (non-hydrogen) atoms. The summed E-state index contributed by atoms with van der Waals surface area (Å²) in [5.41, 5.74) is 2.47. The van der Waals surface area contributed by atoms with Crippen molar-refractivity contribution in [2.75, 3.05) is 26.2 Å². The molecule has 2 aromatic rings. The molecular weight excluding hydrogens is 330 g/mol. The average molecular weight is 357 g/mol. The summed E-state index contributed by atoms with van der Waals surface area (Å²) in [5.74, 6) is 0.607. The van der Waals surface area contributed by atoms with Crippen molar-refractivity contribution >= 4 is 5.91 Å². The van der Waals surface area contributed by atoms with Gasteiger partial charge < -0.3 is 14.6 Å². The van der Waals surface area contributed by atoms with E-state index in [2.05, 4.69) is 39.6 Å². The number of ether oxygens (including phenoxy) is 1. The Kier molecular flexibility index (Phi) is 6.06. The highest BCUT2D eigenvalue weighted by Crippen LogP contribution is 2.22. The second-order valence-corrected chi connectivity index (χ2v) is 7.09. The molecule has 1 unspecified atom stereocenters. The van der Waals surface area contributed by atoms with Gasteiger partial charge in [-0.05, 0) is 12.5 Å². The van der Waals surface area contributed by atoms with Gasteiger partial charge in [0.2, 0.25) is 0 Å². The summed E-state index contributed by atoms with van der Waals surface area (Å²) in [6.45, 7) is 9.53. The van der Waals surface area contributed by atoms with Gasteiger partial charge in [0.1, 0.15) is 5.56 Å². The van der Waals surface area contributed by atoms with Crippen LogP contribution in [0.3, 0.4) is 0 Å². The number of morpholine rings is 1. The minimum atomic E-state index is -0.142. The van der Waals surface area contributed by atoms with E-state index >= 15 is 0 Å². The molecule has 1 N–H and O–H groups in total. The lowest BCUT2D eigenvalue weighted by atomic mass is 10.0. The van der Waals surface area contributed by atoms with Gasteiger partial charge in [-0.3, -0.25) is 9.69 Å². The lowest BCUT2D eigenvalue weighted by molar-refractivity contribution is -0.0292. The van der Waals surface area contributed by atoms with E-state index in [9.17, 15) is 4.79 Å². The number of aromatic nitrogens is 1. The monoisotopic (exact) mass is 357 g/mol. The van der Waals surface area contributed by atoms with E-state index in [1.54, 1.807) is 6.92 Å². The van der Waals surface area contributed by atoms with Crippen molar-refractivity contribution in [3.63, 3.8) is 0 Å². The second kappa shape index (κ2) is 8.47. The minimum Gasteiger partial charge on any atom is -0.374 e. The zero-order valence-corrected chi connectivity index (χ0v) is 15.7. The first kappa shape index (κ1) is 18.6. The first-order valence-corrected chi connectivity index (χ1v) is 9.17. The predicted octanol–water partition coefficient (Wildman–Crippen LogP) is 2.74. The summed E-state index contributed by atoms with van der Waals surface area (Å²) in [5, 5.41) is 6.92. The maximum atomic E-state index is 12.6.